The molecule has 1 heterocycles. The zero-order valence-electron chi connectivity index (χ0n) is 14.3. The van der Waals surface area contributed by atoms with Crippen LogP contribution in [0.25, 0.3) is 5.69 Å². The summed E-state index contributed by atoms with van der Waals surface area (Å²) in [6.45, 7) is 0.637. The number of rotatable bonds is 8. The molecular formula is C20H20ClN3OS. The van der Waals surface area contributed by atoms with E-state index in [0.717, 1.165) is 28.4 Å². The minimum atomic E-state index is 0.0604. The molecular weight excluding hydrogens is 366 g/mol. The lowest BCUT2D eigenvalue weighted by Crippen LogP contribution is -2.27. The first kappa shape index (κ1) is 18.5. The molecule has 1 amide bonds. The molecule has 3 rings (SSSR count). The summed E-state index contributed by atoms with van der Waals surface area (Å²) in [5.41, 5.74) is 3.35. The molecule has 0 bridgehead atoms. The molecule has 1 aromatic heterocycles. The largest absolute Gasteiger partial charge is 0.355 e. The summed E-state index contributed by atoms with van der Waals surface area (Å²) in [4.78, 5) is 11.9. The smallest absolute Gasteiger partial charge is 0.230 e. The average molecular weight is 386 g/mol. The number of benzene rings is 2. The van der Waals surface area contributed by atoms with Crippen LogP contribution < -0.4 is 5.32 Å². The Morgan fingerprint density at radius 1 is 1.12 bits per heavy atom. The summed E-state index contributed by atoms with van der Waals surface area (Å²) in [6, 6.07) is 17.8. The second-order valence-corrected chi connectivity index (χ2v) is 7.26. The highest BCUT2D eigenvalue weighted by atomic mass is 35.5. The lowest BCUT2D eigenvalue weighted by atomic mass is 10.1. The van der Waals surface area contributed by atoms with Gasteiger partial charge >= 0.3 is 0 Å². The predicted octanol–water partition coefficient (Wildman–Crippen LogP) is 4.12. The van der Waals surface area contributed by atoms with Gasteiger partial charge < -0.3 is 5.32 Å². The number of nitrogens with zero attached hydrogens (tertiary/aromatic N) is 2. The Balaban J connectivity index is 1.36. The number of amides is 1. The molecule has 0 fully saturated rings. The van der Waals surface area contributed by atoms with E-state index in [1.54, 1.807) is 18.0 Å². The van der Waals surface area contributed by atoms with Gasteiger partial charge in [-0.3, -0.25) is 4.79 Å². The van der Waals surface area contributed by atoms with Gasteiger partial charge in [-0.05, 0) is 47.9 Å². The Hall–Kier alpha value is -2.24. The number of aromatic nitrogens is 2. The van der Waals surface area contributed by atoms with Gasteiger partial charge in [-0.15, -0.1) is 11.8 Å². The molecule has 134 valence electrons. The minimum absolute atomic E-state index is 0.0604. The summed E-state index contributed by atoms with van der Waals surface area (Å²) in [5.74, 6) is 1.29. The van der Waals surface area contributed by atoms with Crippen LogP contribution in [0.15, 0.2) is 67.0 Å². The van der Waals surface area contributed by atoms with Crippen molar-refractivity contribution in [1.29, 1.82) is 0 Å². The third kappa shape index (κ3) is 5.64. The number of carbonyl (C=O) groups is 1. The molecule has 0 spiro atoms. The molecule has 0 saturated heterocycles. The monoisotopic (exact) mass is 385 g/mol. The summed E-state index contributed by atoms with van der Waals surface area (Å²) in [6.07, 6.45) is 4.48. The minimum Gasteiger partial charge on any atom is -0.355 e. The van der Waals surface area contributed by atoms with Gasteiger partial charge in [0, 0.05) is 29.7 Å². The van der Waals surface area contributed by atoms with Crippen molar-refractivity contribution in [1.82, 2.24) is 15.1 Å². The summed E-state index contributed by atoms with van der Waals surface area (Å²) >= 11 is 7.55. The van der Waals surface area contributed by atoms with E-state index in [1.807, 2.05) is 53.3 Å². The number of nitrogens with one attached hydrogen (secondary N) is 1. The number of carbonyl (C=O) groups excluding carboxylic acids is 1. The molecule has 6 heteroatoms. The van der Waals surface area contributed by atoms with Crippen LogP contribution in [-0.2, 0) is 17.0 Å². The lowest BCUT2D eigenvalue weighted by molar-refractivity contribution is -0.118. The van der Waals surface area contributed by atoms with Crippen molar-refractivity contribution in [3.63, 3.8) is 0 Å². The molecule has 4 nitrogen and oxygen atoms in total. The van der Waals surface area contributed by atoms with Crippen LogP contribution in [-0.4, -0.2) is 28.0 Å². The Bertz CT molecular complexity index is 835. The maximum Gasteiger partial charge on any atom is 0.230 e. The fraction of sp³-hybridized carbons (Fsp3) is 0.200. The second-order valence-electron chi connectivity index (χ2n) is 5.84. The molecule has 0 radical (unpaired) electrons. The first-order chi connectivity index (χ1) is 12.7. The van der Waals surface area contributed by atoms with E-state index in [2.05, 4.69) is 22.5 Å². The van der Waals surface area contributed by atoms with E-state index >= 15 is 0 Å². The molecule has 3 aromatic rings. The van der Waals surface area contributed by atoms with Crippen molar-refractivity contribution in [2.45, 2.75) is 12.2 Å². The first-order valence-electron chi connectivity index (χ1n) is 8.38. The van der Waals surface area contributed by atoms with Crippen molar-refractivity contribution >= 4 is 29.3 Å². The third-order valence-electron chi connectivity index (χ3n) is 3.83. The van der Waals surface area contributed by atoms with Crippen LogP contribution in [0.1, 0.15) is 11.1 Å². The number of hydrogen-bond donors (Lipinski definition) is 1. The van der Waals surface area contributed by atoms with E-state index in [0.29, 0.717) is 12.3 Å². The quantitative estimate of drug-likeness (QED) is 0.634. The highest BCUT2D eigenvalue weighted by Gasteiger charge is 2.03. The summed E-state index contributed by atoms with van der Waals surface area (Å²) in [7, 11) is 0. The Labute approximate surface area is 162 Å². The van der Waals surface area contributed by atoms with Gasteiger partial charge in [0.25, 0.3) is 0 Å². The van der Waals surface area contributed by atoms with Crippen LogP contribution in [0.5, 0.6) is 0 Å². The molecule has 0 aliphatic carbocycles. The van der Waals surface area contributed by atoms with Crippen LogP contribution in [0.4, 0.5) is 0 Å². The summed E-state index contributed by atoms with van der Waals surface area (Å²) in [5, 5.41) is 7.90. The highest BCUT2D eigenvalue weighted by molar-refractivity contribution is 7.99. The third-order valence-corrected chi connectivity index (χ3v) is 5.07. The van der Waals surface area contributed by atoms with Crippen LogP contribution in [0.2, 0.25) is 5.02 Å². The van der Waals surface area contributed by atoms with Crippen molar-refractivity contribution in [3.05, 3.63) is 83.1 Å². The molecule has 0 atom stereocenters. The van der Waals surface area contributed by atoms with Gasteiger partial charge in [0.05, 0.1) is 11.4 Å². The van der Waals surface area contributed by atoms with E-state index in [1.165, 1.54) is 5.56 Å². The van der Waals surface area contributed by atoms with Gasteiger partial charge in [-0.2, -0.15) is 5.10 Å². The SMILES string of the molecule is O=C(CSCc1cccc(Cl)c1)NCCc1ccc(-n2cccn2)cc1. The fourth-order valence-corrected chi connectivity index (χ4v) is 3.54. The van der Waals surface area contributed by atoms with Crippen molar-refractivity contribution in [3.8, 4) is 5.69 Å². The van der Waals surface area contributed by atoms with Crippen LogP contribution >= 0.6 is 23.4 Å². The van der Waals surface area contributed by atoms with Gasteiger partial charge in [-0.25, -0.2) is 4.68 Å². The van der Waals surface area contributed by atoms with Gasteiger partial charge in [0.2, 0.25) is 5.91 Å². The van der Waals surface area contributed by atoms with Crippen molar-refractivity contribution in [2.75, 3.05) is 12.3 Å². The molecule has 0 unspecified atom stereocenters. The number of halogens is 1. The highest BCUT2D eigenvalue weighted by Crippen LogP contribution is 2.16. The van der Waals surface area contributed by atoms with Gasteiger partial charge in [0.1, 0.15) is 0 Å². The Kier molecular flexibility index (Phi) is 6.75. The van der Waals surface area contributed by atoms with E-state index in [4.69, 9.17) is 11.6 Å². The zero-order chi connectivity index (χ0) is 18.2. The van der Waals surface area contributed by atoms with Crippen LogP contribution in [0.3, 0.4) is 0 Å². The second kappa shape index (κ2) is 9.46. The number of thioether (sulfide) groups is 1. The topological polar surface area (TPSA) is 46.9 Å². The van der Waals surface area contributed by atoms with E-state index < -0.39 is 0 Å². The Morgan fingerprint density at radius 3 is 2.69 bits per heavy atom. The van der Waals surface area contributed by atoms with E-state index in [-0.39, 0.29) is 5.91 Å². The molecule has 0 aliphatic rings. The van der Waals surface area contributed by atoms with Gasteiger partial charge in [-0.1, -0.05) is 35.9 Å². The average Bonchev–Trinajstić information content (AvgIpc) is 3.17. The fourth-order valence-electron chi connectivity index (χ4n) is 2.52. The standard InChI is InChI=1S/C20H20ClN3OS/c21-18-4-1-3-17(13-18)14-26-15-20(25)22-11-9-16-5-7-19(8-6-16)24-12-2-10-23-24/h1-8,10,12-13H,9,11,14-15H2,(H,22,25). The molecule has 1 N–H and O–H groups in total. The zero-order valence-corrected chi connectivity index (χ0v) is 15.8. The van der Waals surface area contributed by atoms with Crippen molar-refractivity contribution in [2.24, 2.45) is 0 Å². The maximum absolute atomic E-state index is 11.9. The van der Waals surface area contributed by atoms with Crippen molar-refractivity contribution < 1.29 is 4.79 Å². The normalized spacial score (nSPS) is 10.7. The molecule has 2 aromatic carbocycles. The summed E-state index contributed by atoms with van der Waals surface area (Å²) < 4.78 is 1.82. The molecule has 0 saturated carbocycles. The molecule has 26 heavy (non-hydrogen) atoms. The Morgan fingerprint density at radius 2 is 1.96 bits per heavy atom. The lowest BCUT2D eigenvalue weighted by Gasteiger charge is -2.07. The van der Waals surface area contributed by atoms with Gasteiger partial charge in [0.15, 0.2) is 0 Å². The maximum atomic E-state index is 11.9. The van der Waals surface area contributed by atoms with Crippen LogP contribution in [0, 0.1) is 0 Å². The number of hydrogen-bond acceptors (Lipinski definition) is 3. The van der Waals surface area contributed by atoms with E-state index in [9.17, 15) is 4.79 Å². The molecule has 0 aliphatic heterocycles. The predicted molar refractivity (Wildman–Crippen MR) is 108 cm³/mol. The first-order valence-corrected chi connectivity index (χ1v) is 9.92.